The molecular weight excluding hydrogens is 274 g/mol. The fourth-order valence-corrected chi connectivity index (χ4v) is 3.34. The van der Waals surface area contributed by atoms with Gasteiger partial charge in [-0.15, -0.1) is 0 Å². The number of amides is 1. The van der Waals surface area contributed by atoms with Crippen LogP contribution in [0.25, 0.3) is 0 Å². The maximum Gasteiger partial charge on any atom is 0.238 e. The van der Waals surface area contributed by atoms with E-state index < -0.39 is 0 Å². The molecular formula is C18H23N3O. The van der Waals surface area contributed by atoms with Gasteiger partial charge in [0.25, 0.3) is 0 Å². The van der Waals surface area contributed by atoms with Crippen molar-refractivity contribution in [2.45, 2.75) is 44.7 Å². The van der Waals surface area contributed by atoms with Gasteiger partial charge in [0.05, 0.1) is 23.7 Å². The van der Waals surface area contributed by atoms with Crippen molar-refractivity contribution >= 4 is 5.91 Å². The molecule has 4 heteroatoms. The van der Waals surface area contributed by atoms with Crippen LogP contribution in [0.1, 0.15) is 49.8 Å². The summed E-state index contributed by atoms with van der Waals surface area (Å²) in [6, 6.07) is 9.60. The quantitative estimate of drug-likeness (QED) is 0.909. The highest BCUT2D eigenvalue weighted by Crippen LogP contribution is 2.37. The third-order valence-corrected chi connectivity index (χ3v) is 4.77. The summed E-state index contributed by atoms with van der Waals surface area (Å²) in [4.78, 5) is 15.1. The lowest BCUT2D eigenvalue weighted by molar-refractivity contribution is -0.127. The molecule has 1 aliphatic heterocycles. The van der Waals surface area contributed by atoms with Crippen LogP contribution in [0.5, 0.6) is 0 Å². The van der Waals surface area contributed by atoms with Crippen LogP contribution in [0.2, 0.25) is 0 Å². The zero-order chi connectivity index (χ0) is 15.5. The van der Waals surface area contributed by atoms with Crippen molar-refractivity contribution in [1.29, 1.82) is 5.26 Å². The molecule has 1 N–H and O–H groups in total. The summed E-state index contributed by atoms with van der Waals surface area (Å²) >= 11 is 0. The van der Waals surface area contributed by atoms with Crippen LogP contribution in [0.3, 0.4) is 0 Å². The molecule has 1 amide bonds. The molecule has 1 saturated carbocycles. The maximum atomic E-state index is 12.7. The molecule has 0 aromatic heterocycles. The Morgan fingerprint density at radius 1 is 1.27 bits per heavy atom. The molecule has 0 spiro atoms. The summed E-state index contributed by atoms with van der Waals surface area (Å²) in [6.45, 7) is 4.12. The normalized spacial score (nSPS) is 21.1. The molecule has 1 saturated heterocycles. The number of carbonyl (C=O) groups is 1. The molecule has 2 fully saturated rings. The minimum atomic E-state index is -0.0240. The minimum Gasteiger partial charge on any atom is -0.348 e. The number of nitriles is 1. The van der Waals surface area contributed by atoms with Crippen LogP contribution in [0, 0.1) is 17.2 Å². The molecule has 1 aliphatic carbocycles. The van der Waals surface area contributed by atoms with Crippen molar-refractivity contribution in [3.05, 3.63) is 35.4 Å². The summed E-state index contributed by atoms with van der Waals surface area (Å²) in [7, 11) is 0. The largest absolute Gasteiger partial charge is 0.348 e. The topological polar surface area (TPSA) is 56.1 Å². The average Bonchev–Trinajstić information content (AvgIpc) is 3.21. The molecule has 3 rings (SSSR count). The Labute approximate surface area is 132 Å². The van der Waals surface area contributed by atoms with Gasteiger partial charge in [-0.3, -0.25) is 9.69 Å². The van der Waals surface area contributed by atoms with Gasteiger partial charge in [-0.2, -0.15) is 5.26 Å². The molecule has 22 heavy (non-hydrogen) atoms. The van der Waals surface area contributed by atoms with Crippen LogP contribution < -0.4 is 5.32 Å². The van der Waals surface area contributed by atoms with E-state index in [1.807, 2.05) is 19.1 Å². The second-order valence-electron chi connectivity index (χ2n) is 6.49. The van der Waals surface area contributed by atoms with E-state index in [1.165, 1.54) is 25.7 Å². The fourth-order valence-electron chi connectivity index (χ4n) is 3.34. The Morgan fingerprint density at radius 3 is 2.45 bits per heavy atom. The smallest absolute Gasteiger partial charge is 0.238 e. The number of nitrogens with one attached hydrogen (secondary N) is 1. The number of benzene rings is 1. The van der Waals surface area contributed by atoms with Gasteiger partial charge in [-0.05, 0) is 69.3 Å². The van der Waals surface area contributed by atoms with Crippen molar-refractivity contribution in [3.63, 3.8) is 0 Å². The lowest BCUT2D eigenvalue weighted by atomic mass is 10.0. The van der Waals surface area contributed by atoms with E-state index in [2.05, 4.69) is 16.3 Å². The Kier molecular flexibility index (Phi) is 4.44. The Bertz CT molecular complexity index is 565. The van der Waals surface area contributed by atoms with E-state index in [-0.39, 0.29) is 18.0 Å². The molecule has 116 valence electrons. The molecule has 1 aromatic rings. The number of carbonyl (C=O) groups excluding carboxylic acids is 1. The predicted molar refractivity (Wildman–Crippen MR) is 85.0 cm³/mol. The van der Waals surface area contributed by atoms with Gasteiger partial charge in [0.1, 0.15) is 0 Å². The molecule has 0 bridgehead atoms. The number of hydrogen-bond donors (Lipinski definition) is 1. The summed E-state index contributed by atoms with van der Waals surface area (Å²) in [5.74, 6) is 0.715. The molecule has 2 aliphatic rings. The maximum absolute atomic E-state index is 12.7. The Hall–Kier alpha value is -1.86. The highest BCUT2D eigenvalue weighted by molar-refractivity contribution is 5.83. The van der Waals surface area contributed by atoms with Crippen molar-refractivity contribution in [2.24, 2.45) is 5.92 Å². The summed E-state index contributed by atoms with van der Waals surface area (Å²) in [5, 5.41) is 12.0. The zero-order valence-corrected chi connectivity index (χ0v) is 13.1. The van der Waals surface area contributed by atoms with E-state index in [0.29, 0.717) is 11.5 Å². The molecule has 0 radical (unpaired) electrons. The highest BCUT2D eigenvalue weighted by Gasteiger charge is 2.41. The van der Waals surface area contributed by atoms with E-state index in [1.54, 1.807) is 12.1 Å². The van der Waals surface area contributed by atoms with Gasteiger partial charge >= 0.3 is 0 Å². The average molecular weight is 297 g/mol. The Morgan fingerprint density at radius 2 is 1.91 bits per heavy atom. The molecule has 1 aromatic carbocycles. The minimum absolute atomic E-state index is 0.0240. The molecule has 1 heterocycles. The fraction of sp³-hybridized carbons (Fsp3) is 0.556. The second-order valence-corrected chi connectivity index (χ2v) is 6.49. The third-order valence-electron chi connectivity index (χ3n) is 4.77. The number of nitrogens with zero attached hydrogens (tertiary/aromatic N) is 2. The van der Waals surface area contributed by atoms with Gasteiger partial charge in [0.2, 0.25) is 5.91 Å². The first-order valence-corrected chi connectivity index (χ1v) is 8.23. The van der Waals surface area contributed by atoms with Crippen LogP contribution in [0.15, 0.2) is 24.3 Å². The molecule has 0 unspecified atom stereocenters. The van der Waals surface area contributed by atoms with E-state index in [0.717, 1.165) is 18.7 Å². The van der Waals surface area contributed by atoms with Crippen LogP contribution in [-0.2, 0) is 4.79 Å². The molecule has 2 atom stereocenters. The zero-order valence-electron chi connectivity index (χ0n) is 13.1. The first-order chi connectivity index (χ1) is 10.7. The van der Waals surface area contributed by atoms with Gasteiger partial charge in [-0.25, -0.2) is 0 Å². The lowest BCUT2D eigenvalue weighted by Gasteiger charge is -2.28. The first-order valence-electron chi connectivity index (χ1n) is 8.23. The van der Waals surface area contributed by atoms with Gasteiger partial charge in [0.15, 0.2) is 0 Å². The van der Waals surface area contributed by atoms with E-state index in [9.17, 15) is 4.79 Å². The van der Waals surface area contributed by atoms with Gasteiger partial charge < -0.3 is 5.32 Å². The summed E-state index contributed by atoms with van der Waals surface area (Å²) in [6.07, 6.45) is 4.78. The number of rotatable bonds is 5. The number of likely N-dealkylation sites (tertiary alicyclic amines) is 1. The van der Waals surface area contributed by atoms with Crippen LogP contribution in [0.4, 0.5) is 0 Å². The standard InChI is InChI=1S/C18H23N3O/c1-13(15-6-4-14(12-19)5-7-15)20-18(22)17(16-8-9-16)21-10-2-3-11-21/h4-7,13,16-17H,2-3,8-11H2,1H3,(H,20,22)/t13-,17+/m1/s1. The summed E-state index contributed by atoms with van der Waals surface area (Å²) in [5.41, 5.74) is 1.69. The SMILES string of the molecule is C[C@@H](NC(=O)[C@H](C1CC1)N1CCCC1)c1ccc(C#N)cc1. The lowest BCUT2D eigenvalue weighted by Crippen LogP contribution is -2.47. The predicted octanol–water partition coefficient (Wildman–Crippen LogP) is 2.61. The van der Waals surface area contributed by atoms with Crippen molar-refractivity contribution < 1.29 is 4.79 Å². The van der Waals surface area contributed by atoms with Gasteiger partial charge in [-0.1, -0.05) is 12.1 Å². The first kappa shape index (κ1) is 15.1. The monoisotopic (exact) mass is 297 g/mol. The van der Waals surface area contributed by atoms with Crippen LogP contribution >= 0.6 is 0 Å². The van der Waals surface area contributed by atoms with Crippen molar-refractivity contribution in [3.8, 4) is 6.07 Å². The second kappa shape index (κ2) is 6.50. The van der Waals surface area contributed by atoms with Gasteiger partial charge in [0, 0.05) is 0 Å². The van der Waals surface area contributed by atoms with Crippen molar-refractivity contribution in [1.82, 2.24) is 10.2 Å². The Balaban J connectivity index is 1.64. The highest BCUT2D eigenvalue weighted by atomic mass is 16.2. The van der Waals surface area contributed by atoms with Crippen molar-refractivity contribution in [2.75, 3.05) is 13.1 Å². The number of hydrogen-bond acceptors (Lipinski definition) is 3. The van der Waals surface area contributed by atoms with Crippen LogP contribution in [-0.4, -0.2) is 29.9 Å². The van der Waals surface area contributed by atoms with E-state index >= 15 is 0 Å². The van der Waals surface area contributed by atoms with E-state index in [4.69, 9.17) is 5.26 Å². The third kappa shape index (κ3) is 3.31. The molecule has 4 nitrogen and oxygen atoms in total. The summed E-state index contributed by atoms with van der Waals surface area (Å²) < 4.78 is 0.